The molecule has 6 atom stereocenters. The Bertz CT molecular complexity index is 853. The van der Waals surface area contributed by atoms with Crippen molar-refractivity contribution in [1.29, 1.82) is 0 Å². The van der Waals surface area contributed by atoms with E-state index in [9.17, 15) is 20.4 Å². The highest BCUT2D eigenvalue weighted by Gasteiger charge is 2.43. The number of rotatable bonds is 5. The third-order valence-electron chi connectivity index (χ3n) is 5.50. The topological polar surface area (TPSA) is 109 Å². The average molecular weight is 437 g/mol. The largest absolute Gasteiger partial charge is 0.488 e. The summed E-state index contributed by atoms with van der Waals surface area (Å²) in [6.45, 7) is 1.34. The summed E-state index contributed by atoms with van der Waals surface area (Å²) in [5, 5.41) is 40.2. The second-order valence-corrected chi connectivity index (χ2v) is 8.10. The smallest absolute Gasteiger partial charge is 0.184 e. The van der Waals surface area contributed by atoms with Gasteiger partial charge in [0.2, 0.25) is 0 Å². The molecule has 2 heterocycles. The van der Waals surface area contributed by atoms with Gasteiger partial charge in [-0.2, -0.15) is 0 Å². The highest BCUT2D eigenvalue weighted by Crippen LogP contribution is 2.34. The molecular weight excluding hydrogens is 412 g/mol. The maximum absolute atomic E-state index is 10.3. The van der Waals surface area contributed by atoms with Crippen molar-refractivity contribution in [2.24, 2.45) is 0 Å². The van der Waals surface area contributed by atoms with E-state index in [1.54, 1.807) is 18.2 Å². The zero-order chi connectivity index (χ0) is 21.3. The van der Waals surface area contributed by atoms with E-state index in [1.165, 1.54) is 0 Å². The summed E-state index contributed by atoms with van der Waals surface area (Å²) in [5.41, 5.74) is 2.37. The zero-order valence-electron chi connectivity index (χ0n) is 16.2. The molecule has 0 saturated carbocycles. The van der Waals surface area contributed by atoms with E-state index >= 15 is 0 Å². The molecule has 162 valence electrons. The number of ether oxygens (including phenoxy) is 3. The van der Waals surface area contributed by atoms with E-state index in [-0.39, 0.29) is 6.10 Å². The monoisotopic (exact) mass is 436 g/mol. The number of hydrogen-bond donors (Lipinski definition) is 4. The lowest BCUT2D eigenvalue weighted by atomic mass is 9.92. The first-order valence-corrected chi connectivity index (χ1v) is 10.3. The molecule has 30 heavy (non-hydrogen) atoms. The molecular formula is C22H25ClO7. The van der Waals surface area contributed by atoms with Crippen LogP contribution < -0.4 is 4.74 Å². The predicted octanol–water partition coefficient (Wildman–Crippen LogP) is 1.57. The minimum atomic E-state index is -1.59. The third-order valence-corrected chi connectivity index (χ3v) is 5.86. The molecule has 6 unspecified atom stereocenters. The predicted molar refractivity (Wildman–Crippen MR) is 108 cm³/mol. The first kappa shape index (κ1) is 21.5. The third kappa shape index (κ3) is 4.63. The molecule has 7 nitrogen and oxygen atoms in total. The van der Waals surface area contributed by atoms with Crippen LogP contribution in [-0.4, -0.2) is 64.3 Å². The van der Waals surface area contributed by atoms with Gasteiger partial charge < -0.3 is 34.6 Å². The van der Waals surface area contributed by atoms with E-state index in [4.69, 9.17) is 25.8 Å². The lowest BCUT2D eigenvalue weighted by Gasteiger charge is -2.38. The van der Waals surface area contributed by atoms with Gasteiger partial charge in [-0.05, 0) is 41.3 Å². The summed E-state index contributed by atoms with van der Waals surface area (Å²) in [7, 11) is 0. The van der Waals surface area contributed by atoms with Crippen molar-refractivity contribution in [3.05, 3.63) is 64.2 Å². The molecule has 0 amide bonds. The van der Waals surface area contributed by atoms with Crippen LogP contribution in [0.2, 0.25) is 5.02 Å². The molecule has 0 spiro atoms. The van der Waals surface area contributed by atoms with E-state index in [0.29, 0.717) is 23.6 Å². The quantitative estimate of drug-likeness (QED) is 0.563. The van der Waals surface area contributed by atoms with Crippen LogP contribution in [0.5, 0.6) is 5.75 Å². The molecule has 4 rings (SSSR count). The van der Waals surface area contributed by atoms with E-state index < -0.39 is 30.7 Å². The second kappa shape index (κ2) is 9.20. The van der Waals surface area contributed by atoms with E-state index in [2.05, 4.69) is 0 Å². The second-order valence-electron chi connectivity index (χ2n) is 7.69. The Balaban J connectivity index is 1.48. The fourth-order valence-corrected chi connectivity index (χ4v) is 3.93. The Morgan fingerprint density at radius 3 is 2.43 bits per heavy atom. The molecule has 8 heteroatoms. The van der Waals surface area contributed by atoms with Crippen molar-refractivity contribution in [2.75, 3.05) is 13.2 Å². The van der Waals surface area contributed by atoms with Crippen molar-refractivity contribution in [1.82, 2.24) is 0 Å². The first-order valence-electron chi connectivity index (χ1n) is 9.92. The Morgan fingerprint density at radius 2 is 1.73 bits per heavy atom. The Hall–Kier alpha value is -1.71. The highest BCUT2D eigenvalue weighted by atomic mass is 35.5. The number of benzene rings is 2. The Morgan fingerprint density at radius 1 is 0.967 bits per heavy atom. The van der Waals surface area contributed by atoms with Gasteiger partial charge in [0, 0.05) is 11.4 Å². The van der Waals surface area contributed by atoms with Crippen LogP contribution in [0.1, 0.15) is 29.2 Å². The fraction of sp³-hybridized carbons (Fsp3) is 0.455. The fourth-order valence-electron chi connectivity index (χ4n) is 3.75. The molecule has 0 aliphatic carbocycles. The summed E-state index contributed by atoms with van der Waals surface area (Å²) < 4.78 is 16.5. The zero-order valence-corrected chi connectivity index (χ0v) is 17.0. The van der Waals surface area contributed by atoms with Crippen LogP contribution in [0, 0.1) is 0 Å². The van der Waals surface area contributed by atoms with Gasteiger partial charge >= 0.3 is 0 Å². The molecule has 2 saturated heterocycles. The van der Waals surface area contributed by atoms with Crippen molar-refractivity contribution in [3.8, 4) is 5.75 Å². The molecule has 2 aromatic rings. The number of aliphatic hydroxyl groups excluding tert-OH is 4. The van der Waals surface area contributed by atoms with Crippen molar-refractivity contribution >= 4 is 11.6 Å². The van der Waals surface area contributed by atoms with Gasteiger partial charge in [-0.3, -0.25) is 0 Å². The van der Waals surface area contributed by atoms with Gasteiger partial charge in [0.25, 0.3) is 0 Å². The Kier molecular flexibility index (Phi) is 6.60. The molecule has 2 aromatic carbocycles. The summed E-state index contributed by atoms with van der Waals surface area (Å²) in [6.07, 6.45) is -5.53. The van der Waals surface area contributed by atoms with Crippen molar-refractivity contribution < 1.29 is 34.6 Å². The van der Waals surface area contributed by atoms with Crippen molar-refractivity contribution in [2.45, 2.75) is 49.7 Å². The molecule has 2 aliphatic heterocycles. The van der Waals surface area contributed by atoms with Crippen LogP contribution in [0.25, 0.3) is 0 Å². The lowest BCUT2D eigenvalue weighted by molar-refractivity contribution is -0.284. The SMILES string of the molecule is OC1OC(c2ccc(Cl)c(Cc3ccc(OC4CCOC4)cc3)c2)C(O)C(O)C1O. The summed E-state index contributed by atoms with van der Waals surface area (Å²) in [6, 6.07) is 12.9. The van der Waals surface area contributed by atoms with Crippen LogP contribution >= 0.6 is 11.6 Å². The number of halogens is 1. The van der Waals surface area contributed by atoms with Crippen LogP contribution in [0.15, 0.2) is 42.5 Å². The minimum absolute atomic E-state index is 0.0908. The minimum Gasteiger partial charge on any atom is -0.488 e. The van der Waals surface area contributed by atoms with Crippen LogP contribution in [0.3, 0.4) is 0 Å². The average Bonchev–Trinajstić information content (AvgIpc) is 3.25. The molecule has 2 fully saturated rings. The molecule has 0 bridgehead atoms. The molecule has 0 aromatic heterocycles. The first-order chi connectivity index (χ1) is 14.4. The summed E-state index contributed by atoms with van der Waals surface area (Å²) >= 11 is 6.37. The summed E-state index contributed by atoms with van der Waals surface area (Å²) in [4.78, 5) is 0. The summed E-state index contributed by atoms with van der Waals surface area (Å²) in [5.74, 6) is 0.786. The standard InChI is InChI=1S/C22H25ClO7/c23-17-6-3-13(21-19(25)18(24)20(26)22(27)30-21)10-14(17)9-12-1-4-15(5-2-12)29-16-7-8-28-11-16/h1-6,10,16,18-22,24-27H,7-9,11H2. The van der Waals surface area contributed by atoms with Gasteiger partial charge in [0.05, 0.1) is 13.2 Å². The van der Waals surface area contributed by atoms with E-state index in [1.807, 2.05) is 24.3 Å². The molecule has 4 N–H and O–H groups in total. The van der Waals surface area contributed by atoms with Crippen LogP contribution in [-0.2, 0) is 15.9 Å². The molecule has 0 radical (unpaired) electrons. The van der Waals surface area contributed by atoms with Crippen molar-refractivity contribution in [3.63, 3.8) is 0 Å². The van der Waals surface area contributed by atoms with E-state index in [0.717, 1.165) is 29.9 Å². The molecule has 2 aliphatic rings. The van der Waals surface area contributed by atoms with Gasteiger partial charge in [0.15, 0.2) is 6.29 Å². The van der Waals surface area contributed by atoms with Gasteiger partial charge in [-0.1, -0.05) is 35.9 Å². The maximum atomic E-state index is 10.3. The van der Waals surface area contributed by atoms with Gasteiger partial charge in [-0.15, -0.1) is 0 Å². The van der Waals surface area contributed by atoms with Crippen LogP contribution in [0.4, 0.5) is 0 Å². The lowest BCUT2D eigenvalue weighted by Crippen LogP contribution is -2.54. The number of hydrogen-bond acceptors (Lipinski definition) is 7. The van der Waals surface area contributed by atoms with Gasteiger partial charge in [0.1, 0.15) is 36.3 Å². The number of aliphatic hydroxyl groups is 4. The Labute approximate surface area is 179 Å². The highest BCUT2D eigenvalue weighted by molar-refractivity contribution is 6.31. The van der Waals surface area contributed by atoms with Gasteiger partial charge in [-0.25, -0.2) is 0 Å². The normalized spacial score (nSPS) is 31.6. The maximum Gasteiger partial charge on any atom is 0.184 e.